The van der Waals surface area contributed by atoms with Gasteiger partial charge in [-0.05, 0) is 45.6 Å². The summed E-state index contributed by atoms with van der Waals surface area (Å²) in [6.45, 7) is 9.52. The molecule has 1 aromatic carbocycles. The zero-order chi connectivity index (χ0) is 15.7. The van der Waals surface area contributed by atoms with Crippen molar-refractivity contribution in [1.82, 2.24) is 0 Å². The van der Waals surface area contributed by atoms with Gasteiger partial charge in [-0.1, -0.05) is 24.3 Å². The average molecular weight is 294 g/mol. The Morgan fingerprint density at radius 2 is 1.52 bits per heavy atom. The molecule has 1 saturated carbocycles. The summed E-state index contributed by atoms with van der Waals surface area (Å²) in [4.78, 5) is 0. The summed E-state index contributed by atoms with van der Waals surface area (Å²) in [6, 6.07) is 7.23. The van der Waals surface area contributed by atoms with E-state index in [4.69, 9.17) is 9.31 Å². The summed E-state index contributed by atoms with van der Waals surface area (Å²) < 4.78 is 39.1. The van der Waals surface area contributed by atoms with Gasteiger partial charge in [0, 0.05) is 6.42 Å². The smallest absolute Gasteiger partial charge is 0.399 e. The minimum absolute atomic E-state index is 0.0905. The average Bonchev–Trinajstić information content (AvgIpc) is 2.78. The highest BCUT2D eigenvalue weighted by Crippen LogP contribution is 2.61. The highest BCUT2D eigenvalue weighted by Gasteiger charge is 2.68. The van der Waals surface area contributed by atoms with Gasteiger partial charge >= 0.3 is 7.12 Å². The van der Waals surface area contributed by atoms with E-state index in [-0.39, 0.29) is 6.42 Å². The van der Waals surface area contributed by atoms with E-state index in [2.05, 4.69) is 0 Å². The zero-order valence-electron chi connectivity index (χ0n) is 13.2. The third-order valence-electron chi connectivity index (χ3n) is 5.31. The lowest BCUT2D eigenvalue weighted by Crippen LogP contribution is -2.41. The van der Waals surface area contributed by atoms with Gasteiger partial charge in [-0.25, -0.2) is 8.78 Å². The molecule has 0 amide bonds. The molecular formula is C16H21BF2O2. The van der Waals surface area contributed by atoms with Gasteiger partial charge in [0.2, 0.25) is 0 Å². The van der Waals surface area contributed by atoms with Gasteiger partial charge < -0.3 is 9.31 Å². The van der Waals surface area contributed by atoms with Crippen molar-refractivity contribution in [3.8, 4) is 0 Å². The molecule has 1 aliphatic carbocycles. The van der Waals surface area contributed by atoms with Crippen molar-refractivity contribution >= 4 is 12.6 Å². The van der Waals surface area contributed by atoms with Gasteiger partial charge in [0.25, 0.3) is 5.92 Å². The molecule has 1 aliphatic heterocycles. The molecule has 1 unspecified atom stereocenters. The SMILES string of the molecule is CC1(C)OB(c2cccc(C3(C)CC3(F)F)c2)OC1(C)C. The molecule has 0 aromatic heterocycles. The summed E-state index contributed by atoms with van der Waals surface area (Å²) in [5.41, 5.74) is -0.454. The standard InChI is InChI=1S/C16H21BF2O2/c1-13(2)14(3,4)21-17(20-13)12-8-6-7-11(9-12)15(5)10-16(15,18)19/h6-9H,10H2,1-5H3. The number of benzene rings is 1. The largest absolute Gasteiger partial charge is 0.494 e. The summed E-state index contributed by atoms with van der Waals surface area (Å²) in [5, 5.41) is 0. The van der Waals surface area contributed by atoms with Crippen LogP contribution in [0.2, 0.25) is 0 Å². The molecule has 21 heavy (non-hydrogen) atoms. The molecule has 1 heterocycles. The lowest BCUT2D eigenvalue weighted by molar-refractivity contribution is 0.00578. The quantitative estimate of drug-likeness (QED) is 0.779. The van der Waals surface area contributed by atoms with Gasteiger partial charge in [-0.2, -0.15) is 0 Å². The Morgan fingerprint density at radius 1 is 1.00 bits per heavy atom. The Balaban J connectivity index is 1.89. The molecule has 0 radical (unpaired) electrons. The van der Waals surface area contributed by atoms with Gasteiger partial charge in [0.15, 0.2) is 0 Å². The minimum Gasteiger partial charge on any atom is -0.399 e. The lowest BCUT2D eigenvalue weighted by atomic mass is 9.77. The summed E-state index contributed by atoms with van der Waals surface area (Å²) in [7, 11) is -0.508. The number of alkyl halides is 2. The fraction of sp³-hybridized carbons (Fsp3) is 0.625. The van der Waals surface area contributed by atoms with Crippen LogP contribution in [0.15, 0.2) is 24.3 Å². The van der Waals surface area contributed by atoms with Crippen molar-refractivity contribution in [2.45, 2.75) is 63.6 Å². The normalized spacial score (nSPS) is 32.2. The van der Waals surface area contributed by atoms with Crippen LogP contribution in [0.25, 0.3) is 0 Å². The van der Waals surface area contributed by atoms with Crippen LogP contribution < -0.4 is 5.46 Å². The molecule has 0 bridgehead atoms. The molecule has 5 heteroatoms. The second kappa shape index (κ2) is 4.08. The Labute approximate surface area is 125 Å². The first-order valence-corrected chi connectivity index (χ1v) is 7.32. The molecule has 114 valence electrons. The van der Waals surface area contributed by atoms with Gasteiger partial charge in [0.05, 0.1) is 16.6 Å². The fourth-order valence-electron chi connectivity index (χ4n) is 2.72. The molecule has 1 saturated heterocycles. The molecule has 1 atom stereocenters. The van der Waals surface area contributed by atoms with Crippen molar-refractivity contribution in [3.05, 3.63) is 29.8 Å². The highest BCUT2D eigenvalue weighted by atomic mass is 19.3. The molecule has 3 rings (SSSR count). The second-order valence-electron chi connectivity index (χ2n) is 7.43. The molecular weight excluding hydrogens is 273 g/mol. The Hall–Kier alpha value is -0.935. The van der Waals surface area contributed by atoms with Crippen LogP contribution in [0.1, 0.15) is 46.6 Å². The molecule has 2 fully saturated rings. The van der Waals surface area contributed by atoms with Gasteiger partial charge in [0.1, 0.15) is 0 Å². The second-order valence-corrected chi connectivity index (χ2v) is 7.43. The summed E-state index contributed by atoms with van der Waals surface area (Å²) in [5.74, 6) is -2.61. The summed E-state index contributed by atoms with van der Waals surface area (Å²) in [6.07, 6.45) is -0.0905. The van der Waals surface area contributed by atoms with Crippen LogP contribution in [-0.2, 0) is 14.7 Å². The first-order chi connectivity index (χ1) is 9.49. The van der Waals surface area contributed by atoms with Gasteiger partial charge in [-0.15, -0.1) is 0 Å². The highest BCUT2D eigenvalue weighted by molar-refractivity contribution is 6.62. The Bertz CT molecular complexity index is 569. The van der Waals surface area contributed by atoms with Crippen molar-refractivity contribution < 1.29 is 18.1 Å². The summed E-state index contributed by atoms with van der Waals surface area (Å²) >= 11 is 0. The number of rotatable bonds is 2. The lowest BCUT2D eigenvalue weighted by Gasteiger charge is -2.32. The maximum atomic E-state index is 13.6. The van der Waals surface area contributed by atoms with Crippen LogP contribution in [0.4, 0.5) is 8.78 Å². The van der Waals surface area contributed by atoms with Crippen LogP contribution in [0.5, 0.6) is 0 Å². The van der Waals surface area contributed by atoms with E-state index in [0.29, 0.717) is 5.56 Å². The monoisotopic (exact) mass is 294 g/mol. The van der Waals surface area contributed by atoms with E-state index in [1.165, 1.54) is 0 Å². The van der Waals surface area contributed by atoms with E-state index in [0.717, 1.165) is 5.46 Å². The maximum Gasteiger partial charge on any atom is 0.494 e. The molecule has 1 aromatic rings. The van der Waals surface area contributed by atoms with Crippen molar-refractivity contribution in [2.24, 2.45) is 0 Å². The molecule has 2 aliphatic rings. The van der Waals surface area contributed by atoms with Crippen LogP contribution in [-0.4, -0.2) is 24.2 Å². The van der Waals surface area contributed by atoms with Crippen LogP contribution >= 0.6 is 0 Å². The molecule has 0 spiro atoms. The fourth-order valence-corrected chi connectivity index (χ4v) is 2.72. The first kappa shape index (κ1) is 15.0. The van der Waals surface area contributed by atoms with Crippen LogP contribution in [0.3, 0.4) is 0 Å². The van der Waals surface area contributed by atoms with Gasteiger partial charge in [-0.3, -0.25) is 0 Å². The molecule has 0 N–H and O–H groups in total. The van der Waals surface area contributed by atoms with E-state index in [1.54, 1.807) is 25.1 Å². The van der Waals surface area contributed by atoms with E-state index >= 15 is 0 Å². The topological polar surface area (TPSA) is 18.5 Å². The van der Waals surface area contributed by atoms with Crippen molar-refractivity contribution in [3.63, 3.8) is 0 Å². The van der Waals surface area contributed by atoms with Crippen LogP contribution in [0, 0.1) is 0 Å². The van der Waals surface area contributed by atoms with E-state index < -0.39 is 29.7 Å². The maximum absolute atomic E-state index is 13.6. The van der Waals surface area contributed by atoms with Crippen molar-refractivity contribution in [1.29, 1.82) is 0 Å². The Morgan fingerprint density at radius 3 is 2.00 bits per heavy atom. The molecule has 2 nitrogen and oxygen atoms in total. The van der Waals surface area contributed by atoms with E-state index in [9.17, 15) is 8.78 Å². The third-order valence-corrected chi connectivity index (χ3v) is 5.31. The Kier molecular flexibility index (Phi) is 2.91. The number of hydrogen-bond acceptors (Lipinski definition) is 2. The van der Waals surface area contributed by atoms with Crippen molar-refractivity contribution in [2.75, 3.05) is 0 Å². The number of halogens is 2. The van der Waals surface area contributed by atoms with E-state index in [1.807, 2.05) is 33.8 Å². The predicted octanol–water partition coefficient (Wildman–Crippen LogP) is 3.28. The predicted molar refractivity (Wildman–Crippen MR) is 79.1 cm³/mol. The zero-order valence-corrected chi connectivity index (χ0v) is 13.2. The minimum atomic E-state index is -2.61. The third kappa shape index (κ3) is 2.13. The first-order valence-electron chi connectivity index (χ1n) is 7.32. The number of hydrogen-bond donors (Lipinski definition) is 0.